The molecule has 0 bridgehead atoms. The number of thiophene rings is 1. The van der Waals surface area contributed by atoms with Gasteiger partial charge in [-0.1, -0.05) is 0 Å². The third-order valence-corrected chi connectivity index (χ3v) is 3.31. The Labute approximate surface area is 109 Å². The van der Waals surface area contributed by atoms with Crippen LogP contribution >= 0.6 is 11.3 Å². The molecule has 18 heavy (non-hydrogen) atoms. The first-order valence-corrected chi connectivity index (χ1v) is 6.46. The molecule has 0 aliphatic carbocycles. The Morgan fingerprint density at radius 1 is 1.22 bits per heavy atom. The van der Waals surface area contributed by atoms with Gasteiger partial charge in [0.15, 0.2) is 0 Å². The van der Waals surface area contributed by atoms with Crippen LogP contribution in [0.1, 0.15) is 34.0 Å². The first-order valence-electron chi connectivity index (χ1n) is 5.65. The molecule has 1 aromatic rings. The smallest absolute Gasteiger partial charge is 0.343 e. The molecule has 0 atom stereocenters. The molecule has 100 valence electrons. The summed E-state index contributed by atoms with van der Waals surface area (Å²) in [5.41, 5.74) is 0.0763. The number of aromatic hydroxyl groups is 1. The molecule has 0 amide bonds. The van der Waals surface area contributed by atoms with Gasteiger partial charge in [-0.2, -0.15) is 0 Å². The summed E-state index contributed by atoms with van der Waals surface area (Å²) in [5, 5.41) is 9.82. The van der Waals surface area contributed by atoms with Gasteiger partial charge < -0.3 is 14.6 Å². The zero-order valence-corrected chi connectivity index (χ0v) is 11.4. The summed E-state index contributed by atoms with van der Waals surface area (Å²) in [4.78, 5) is 24.2. The number of carbonyl (C=O) groups is 2. The molecule has 0 aliphatic rings. The van der Waals surface area contributed by atoms with Crippen LogP contribution in [0.15, 0.2) is 0 Å². The number of hydrogen-bond acceptors (Lipinski definition) is 6. The summed E-state index contributed by atoms with van der Waals surface area (Å²) in [5.74, 6) is -1.15. The molecule has 1 N–H and O–H groups in total. The van der Waals surface area contributed by atoms with E-state index in [0.29, 0.717) is 9.75 Å². The first kappa shape index (κ1) is 14.5. The van der Waals surface area contributed by atoms with Crippen LogP contribution in [0.3, 0.4) is 0 Å². The minimum absolute atomic E-state index is 0.0337. The second-order valence-electron chi connectivity index (χ2n) is 3.51. The number of hydrogen-bond donors (Lipinski definition) is 1. The summed E-state index contributed by atoms with van der Waals surface area (Å²) >= 11 is 1.20. The van der Waals surface area contributed by atoms with Crippen LogP contribution in [-0.2, 0) is 20.7 Å². The van der Waals surface area contributed by atoms with Crippen LogP contribution in [0.5, 0.6) is 5.75 Å². The van der Waals surface area contributed by atoms with Crippen LogP contribution in [-0.4, -0.2) is 30.3 Å². The fourth-order valence-electron chi connectivity index (χ4n) is 1.47. The van der Waals surface area contributed by atoms with E-state index in [4.69, 9.17) is 9.47 Å². The van der Waals surface area contributed by atoms with Crippen molar-refractivity contribution >= 4 is 23.3 Å². The van der Waals surface area contributed by atoms with Crippen molar-refractivity contribution in [2.75, 3.05) is 13.2 Å². The van der Waals surface area contributed by atoms with Crippen molar-refractivity contribution in [3.8, 4) is 5.75 Å². The number of rotatable bonds is 5. The van der Waals surface area contributed by atoms with E-state index in [1.165, 1.54) is 11.3 Å². The summed E-state index contributed by atoms with van der Waals surface area (Å²) in [6.45, 7) is 5.56. The van der Waals surface area contributed by atoms with Crippen LogP contribution in [0.4, 0.5) is 0 Å². The standard InChI is InChI=1S/C12H16O5S/c1-4-16-9(13)6-8-10(12(15)17-5-2)11(14)7(3)18-8/h14H,4-6H2,1-3H3. The Morgan fingerprint density at radius 3 is 2.39 bits per heavy atom. The largest absolute Gasteiger partial charge is 0.506 e. The van der Waals surface area contributed by atoms with Crippen LogP contribution in [0, 0.1) is 6.92 Å². The lowest BCUT2D eigenvalue weighted by Crippen LogP contribution is -2.11. The molecule has 0 aliphatic heterocycles. The van der Waals surface area contributed by atoms with Gasteiger partial charge in [0.05, 0.1) is 19.6 Å². The maximum atomic E-state index is 11.7. The number of aryl methyl sites for hydroxylation is 1. The zero-order valence-electron chi connectivity index (χ0n) is 10.6. The van der Waals surface area contributed by atoms with E-state index in [2.05, 4.69) is 0 Å². The molecular weight excluding hydrogens is 256 g/mol. The molecule has 0 fully saturated rings. The molecule has 0 unspecified atom stereocenters. The Morgan fingerprint density at radius 2 is 1.83 bits per heavy atom. The lowest BCUT2D eigenvalue weighted by atomic mass is 10.2. The molecule has 6 heteroatoms. The number of ether oxygens (including phenoxy) is 2. The monoisotopic (exact) mass is 272 g/mol. The van der Waals surface area contributed by atoms with Crippen molar-refractivity contribution in [2.24, 2.45) is 0 Å². The second kappa shape index (κ2) is 6.39. The van der Waals surface area contributed by atoms with Gasteiger partial charge in [0, 0.05) is 9.75 Å². The Kier molecular flexibility index (Phi) is 5.15. The number of esters is 2. The molecule has 0 spiro atoms. The highest BCUT2D eigenvalue weighted by atomic mass is 32.1. The quantitative estimate of drug-likeness (QED) is 0.830. The van der Waals surface area contributed by atoms with E-state index in [-0.39, 0.29) is 30.9 Å². The second-order valence-corrected chi connectivity index (χ2v) is 4.82. The average molecular weight is 272 g/mol. The molecule has 0 radical (unpaired) electrons. The molecule has 0 aromatic carbocycles. The average Bonchev–Trinajstić information content (AvgIpc) is 2.55. The fraction of sp³-hybridized carbons (Fsp3) is 0.500. The highest BCUT2D eigenvalue weighted by Gasteiger charge is 2.24. The van der Waals surface area contributed by atoms with Gasteiger partial charge in [-0.05, 0) is 20.8 Å². The van der Waals surface area contributed by atoms with E-state index in [1.807, 2.05) is 0 Å². The predicted molar refractivity (Wildman–Crippen MR) is 67.0 cm³/mol. The maximum absolute atomic E-state index is 11.7. The normalized spacial score (nSPS) is 10.2. The SMILES string of the molecule is CCOC(=O)Cc1sc(C)c(O)c1C(=O)OCC. The van der Waals surface area contributed by atoms with Gasteiger partial charge in [0.25, 0.3) is 0 Å². The summed E-state index contributed by atoms with van der Waals surface area (Å²) in [7, 11) is 0. The molecule has 0 saturated carbocycles. The molecule has 1 aromatic heterocycles. The van der Waals surface area contributed by atoms with Crippen LogP contribution in [0.2, 0.25) is 0 Å². The van der Waals surface area contributed by atoms with E-state index in [0.717, 1.165) is 0 Å². The van der Waals surface area contributed by atoms with Gasteiger partial charge in [-0.25, -0.2) is 4.79 Å². The maximum Gasteiger partial charge on any atom is 0.343 e. The highest BCUT2D eigenvalue weighted by Crippen LogP contribution is 2.34. The zero-order chi connectivity index (χ0) is 13.7. The van der Waals surface area contributed by atoms with Crippen molar-refractivity contribution in [1.29, 1.82) is 0 Å². The van der Waals surface area contributed by atoms with Crippen molar-refractivity contribution in [3.05, 3.63) is 15.3 Å². The predicted octanol–water partition coefficient (Wildman–Crippen LogP) is 2.04. The minimum atomic E-state index is -0.612. The van der Waals surface area contributed by atoms with E-state index in [1.54, 1.807) is 20.8 Å². The minimum Gasteiger partial charge on any atom is -0.506 e. The van der Waals surface area contributed by atoms with Gasteiger partial charge >= 0.3 is 11.9 Å². The molecular formula is C12H16O5S. The van der Waals surface area contributed by atoms with Crippen molar-refractivity contribution in [1.82, 2.24) is 0 Å². The van der Waals surface area contributed by atoms with Gasteiger partial charge in [-0.15, -0.1) is 11.3 Å². The lowest BCUT2D eigenvalue weighted by molar-refractivity contribution is -0.142. The third kappa shape index (κ3) is 3.22. The fourth-order valence-corrected chi connectivity index (χ4v) is 2.51. The van der Waals surface area contributed by atoms with Crippen LogP contribution in [0.25, 0.3) is 0 Å². The molecule has 1 heterocycles. The van der Waals surface area contributed by atoms with E-state index in [9.17, 15) is 14.7 Å². The Bertz CT molecular complexity index is 450. The molecule has 0 saturated heterocycles. The summed E-state index contributed by atoms with van der Waals surface area (Å²) < 4.78 is 9.68. The number of carbonyl (C=O) groups excluding carboxylic acids is 2. The van der Waals surface area contributed by atoms with Crippen molar-refractivity contribution < 1.29 is 24.2 Å². The Hall–Kier alpha value is -1.56. The summed E-state index contributed by atoms with van der Waals surface area (Å²) in [6.07, 6.45) is -0.0337. The van der Waals surface area contributed by atoms with Gasteiger partial charge in [-0.3, -0.25) is 4.79 Å². The Balaban J connectivity index is 3.00. The van der Waals surface area contributed by atoms with E-state index >= 15 is 0 Å². The van der Waals surface area contributed by atoms with Crippen molar-refractivity contribution in [2.45, 2.75) is 27.2 Å². The molecule has 5 nitrogen and oxygen atoms in total. The highest BCUT2D eigenvalue weighted by molar-refractivity contribution is 7.12. The third-order valence-electron chi connectivity index (χ3n) is 2.22. The van der Waals surface area contributed by atoms with Crippen LogP contribution < -0.4 is 0 Å². The topological polar surface area (TPSA) is 72.8 Å². The van der Waals surface area contributed by atoms with E-state index < -0.39 is 11.9 Å². The van der Waals surface area contributed by atoms with Gasteiger partial charge in [0.2, 0.25) is 0 Å². The lowest BCUT2D eigenvalue weighted by Gasteiger charge is -2.04. The summed E-state index contributed by atoms with van der Waals surface area (Å²) in [6, 6.07) is 0. The van der Waals surface area contributed by atoms with Crippen molar-refractivity contribution in [3.63, 3.8) is 0 Å². The first-order chi connectivity index (χ1) is 8.51. The van der Waals surface area contributed by atoms with Gasteiger partial charge in [0.1, 0.15) is 11.3 Å². The molecule has 1 rings (SSSR count).